The second-order valence-electron chi connectivity index (χ2n) is 3.86. The Morgan fingerprint density at radius 1 is 1.69 bits per heavy atom. The van der Waals surface area contributed by atoms with Crippen LogP contribution in [0, 0.1) is 0 Å². The number of nitrogens with two attached hydrogens (primary N) is 1. The summed E-state index contributed by atoms with van der Waals surface area (Å²) in [5, 5.41) is 3.25. The van der Waals surface area contributed by atoms with E-state index in [0.717, 1.165) is 12.8 Å². The highest BCUT2D eigenvalue weighted by molar-refractivity contribution is 5.84. The van der Waals surface area contributed by atoms with Crippen LogP contribution in [0.25, 0.3) is 0 Å². The maximum atomic E-state index is 11.2. The molecular weight excluding hydrogens is 168 g/mol. The first-order chi connectivity index (χ1) is 6.08. The Morgan fingerprint density at radius 2 is 2.31 bits per heavy atom. The number of nitrogens with one attached hydrogen (secondary N) is 1. The van der Waals surface area contributed by atoms with Gasteiger partial charge in [-0.25, -0.2) is 0 Å². The van der Waals surface area contributed by atoms with Crippen LogP contribution in [0.1, 0.15) is 26.2 Å². The van der Waals surface area contributed by atoms with Gasteiger partial charge in [-0.15, -0.1) is 0 Å². The molecule has 76 valence electrons. The van der Waals surface area contributed by atoms with Crippen LogP contribution >= 0.6 is 0 Å². The third-order valence-electron chi connectivity index (χ3n) is 2.45. The molecule has 0 aromatic carbocycles. The lowest BCUT2D eigenvalue weighted by atomic mass is 9.97. The third kappa shape index (κ3) is 2.97. The van der Waals surface area contributed by atoms with Gasteiger partial charge in [0.2, 0.25) is 5.91 Å². The molecule has 1 fully saturated rings. The SMILES string of the molecule is COCCC(C)(NC1CC1)C(N)=O. The van der Waals surface area contributed by atoms with Gasteiger partial charge in [0.15, 0.2) is 0 Å². The molecule has 0 heterocycles. The number of amides is 1. The number of hydrogen-bond donors (Lipinski definition) is 2. The van der Waals surface area contributed by atoms with Gasteiger partial charge >= 0.3 is 0 Å². The fourth-order valence-corrected chi connectivity index (χ4v) is 1.25. The Morgan fingerprint density at radius 3 is 2.69 bits per heavy atom. The van der Waals surface area contributed by atoms with Gasteiger partial charge in [0.1, 0.15) is 0 Å². The molecule has 4 heteroatoms. The lowest BCUT2D eigenvalue weighted by Crippen LogP contribution is -2.54. The van der Waals surface area contributed by atoms with Crippen molar-refractivity contribution in [2.45, 2.75) is 37.8 Å². The van der Waals surface area contributed by atoms with E-state index in [0.29, 0.717) is 19.1 Å². The zero-order chi connectivity index (χ0) is 9.90. The molecule has 0 spiro atoms. The maximum Gasteiger partial charge on any atom is 0.237 e. The minimum absolute atomic E-state index is 0.295. The van der Waals surface area contributed by atoms with E-state index < -0.39 is 5.54 Å². The van der Waals surface area contributed by atoms with Crippen molar-refractivity contribution in [1.82, 2.24) is 5.32 Å². The first-order valence-corrected chi connectivity index (χ1v) is 4.65. The molecule has 1 amide bonds. The van der Waals surface area contributed by atoms with Gasteiger partial charge in [-0.05, 0) is 26.2 Å². The lowest BCUT2D eigenvalue weighted by Gasteiger charge is -2.27. The van der Waals surface area contributed by atoms with Crippen molar-refractivity contribution in [3.63, 3.8) is 0 Å². The monoisotopic (exact) mass is 186 g/mol. The van der Waals surface area contributed by atoms with E-state index in [1.807, 2.05) is 6.92 Å². The normalized spacial score (nSPS) is 21.1. The molecule has 3 N–H and O–H groups in total. The quantitative estimate of drug-likeness (QED) is 0.614. The van der Waals surface area contributed by atoms with Crippen LogP contribution in [0.2, 0.25) is 0 Å². The van der Waals surface area contributed by atoms with Gasteiger partial charge in [-0.3, -0.25) is 4.79 Å². The molecule has 0 aliphatic heterocycles. The van der Waals surface area contributed by atoms with Crippen LogP contribution in [-0.2, 0) is 9.53 Å². The highest BCUT2D eigenvalue weighted by Crippen LogP contribution is 2.23. The molecule has 1 aliphatic carbocycles. The highest BCUT2D eigenvalue weighted by atomic mass is 16.5. The van der Waals surface area contributed by atoms with Crippen LogP contribution in [0.5, 0.6) is 0 Å². The van der Waals surface area contributed by atoms with Gasteiger partial charge < -0.3 is 15.8 Å². The summed E-state index contributed by atoms with van der Waals surface area (Å²) in [5.74, 6) is -0.295. The van der Waals surface area contributed by atoms with Gasteiger partial charge in [0.05, 0.1) is 5.54 Å². The largest absolute Gasteiger partial charge is 0.385 e. The molecular formula is C9H18N2O2. The van der Waals surface area contributed by atoms with Crippen molar-refractivity contribution in [2.24, 2.45) is 5.73 Å². The number of rotatable bonds is 6. The summed E-state index contributed by atoms with van der Waals surface area (Å²) in [5.41, 5.74) is 4.73. The topological polar surface area (TPSA) is 64.3 Å². The molecule has 4 nitrogen and oxygen atoms in total. The smallest absolute Gasteiger partial charge is 0.237 e. The van der Waals surface area contributed by atoms with E-state index >= 15 is 0 Å². The average molecular weight is 186 g/mol. The molecule has 1 atom stereocenters. The molecule has 0 bridgehead atoms. The number of hydrogen-bond acceptors (Lipinski definition) is 3. The summed E-state index contributed by atoms with van der Waals surface area (Å²) in [6, 6.07) is 0.481. The summed E-state index contributed by atoms with van der Waals surface area (Å²) in [6.45, 7) is 2.39. The summed E-state index contributed by atoms with van der Waals surface area (Å²) in [7, 11) is 1.62. The number of carbonyl (C=O) groups excluding carboxylic acids is 1. The average Bonchev–Trinajstić information content (AvgIpc) is 2.84. The molecule has 13 heavy (non-hydrogen) atoms. The standard InChI is InChI=1S/C9H18N2O2/c1-9(8(10)12,5-6-13-2)11-7-3-4-7/h7,11H,3-6H2,1-2H3,(H2,10,12). The van der Waals surface area contributed by atoms with Crippen LogP contribution in [-0.4, -0.2) is 31.2 Å². The van der Waals surface area contributed by atoms with E-state index in [-0.39, 0.29) is 5.91 Å². The summed E-state index contributed by atoms with van der Waals surface area (Å²) < 4.78 is 4.94. The Bertz CT molecular complexity index is 192. The zero-order valence-corrected chi connectivity index (χ0v) is 8.30. The fourth-order valence-electron chi connectivity index (χ4n) is 1.25. The van der Waals surface area contributed by atoms with Gasteiger partial charge in [-0.2, -0.15) is 0 Å². The van der Waals surface area contributed by atoms with Crippen molar-refractivity contribution in [2.75, 3.05) is 13.7 Å². The predicted molar refractivity (Wildman–Crippen MR) is 50.3 cm³/mol. The van der Waals surface area contributed by atoms with Gasteiger partial charge in [0.25, 0.3) is 0 Å². The maximum absolute atomic E-state index is 11.2. The third-order valence-corrected chi connectivity index (χ3v) is 2.45. The summed E-state index contributed by atoms with van der Waals surface area (Å²) >= 11 is 0. The lowest BCUT2D eigenvalue weighted by molar-refractivity contribution is -0.124. The molecule has 1 rings (SSSR count). The van der Waals surface area contributed by atoms with Gasteiger partial charge in [-0.1, -0.05) is 0 Å². The van der Waals surface area contributed by atoms with E-state index in [2.05, 4.69) is 5.32 Å². The minimum Gasteiger partial charge on any atom is -0.385 e. The van der Waals surface area contributed by atoms with E-state index in [1.54, 1.807) is 7.11 Å². The summed E-state index contributed by atoms with van der Waals surface area (Å²) in [6.07, 6.45) is 2.93. The highest BCUT2D eigenvalue weighted by Gasteiger charge is 2.36. The van der Waals surface area contributed by atoms with E-state index in [4.69, 9.17) is 10.5 Å². The molecule has 0 radical (unpaired) electrons. The molecule has 0 aromatic rings. The van der Waals surface area contributed by atoms with Crippen molar-refractivity contribution in [1.29, 1.82) is 0 Å². The Kier molecular flexibility index (Phi) is 3.27. The first-order valence-electron chi connectivity index (χ1n) is 4.65. The van der Waals surface area contributed by atoms with E-state index in [1.165, 1.54) is 0 Å². The Hall–Kier alpha value is -0.610. The summed E-state index contributed by atoms with van der Waals surface area (Å²) in [4.78, 5) is 11.2. The van der Waals surface area contributed by atoms with Crippen molar-refractivity contribution in [3.05, 3.63) is 0 Å². The van der Waals surface area contributed by atoms with E-state index in [9.17, 15) is 4.79 Å². The second kappa shape index (κ2) is 4.07. The van der Waals surface area contributed by atoms with Crippen LogP contribution in [0.4, 0.5) is 0 Å². The van der Waals surface area contributed by atoms with Gasteiger partial charge in [0, 0.05) is 19.8 Å². The van der Waals surface area contributed by atoms with Crippen molar-refractivity contribution >= 4 is 5.91 Å². The molecule has 1 unspecified atom stereocenters. The molecule has 1 aliphatic rings. The fraction of sp³-hybridized carbons (Fsp3) is 0.889. The second-order valence-corrected chi connectivity index (χ2v) is 3.86. The Balaban J connectivity index is 2.45. The van der Waals surface area contributed by atoms with Crippen molar-refractivity contribution < 1.29 is 9.53 Å². The van der Waals surface area contributed by atoms with Crippen LogP contribution < -0.4 is 11.1 Å². The van der Waals surface area contributed by atoms with Crippen molar-refractivity contribution in [3.8, 4) is 0 Å². The predicted octanol–water partition coefficient (Wildman–Crippen LogP) is 0.0189. The van der Waals surface area contributed by atoms with Crippen LogP contribution in [0.3, 0.4) is 0 Å². The molecule has 0 aromatic heterocycles. The number of methoxy groups -OCH3 is 1. The molecule has 0 saturated heterocycles. The minimum atomic E-state index is -0.600. The first kappa shape index (κ1) is 10.5. The van der Waals surface area contributed by atoms with Crippen LogP contribution in [0.15, 0.2) is 0 Å². The number of ether oxygens (including phenoxy) is 1. The zero-order valence-electron chi connectivity index (χ0n) is 8.30. The number of primary amides is 1. The Labute approximate surface area is 78.8 Å². The number of carbonyl (C=O) groups is 1. The molecule has 1 saturated carbocycles.